The van der Waals surface area contributed by atoms with Crippen molar-refractivity contribution in [3.05, 3.63) is 34.3 Å². The van der Waals surface area contributed by atoms with Gasteiger partial charge in [-0.2, -0.15) is 9.61 Å². The molecule has 0 radical (unpaired) electrons. The van der Waals surface area contributed by atoms with Crippen LogP contribution in [0.15, 0.2) is 29.0 Å². The van der Waals surface area contributed by atoms with Gasteiger partial charge in [-0.05, 0) is 29.8 Å². The van der Waals surface area contributed by atoms with Gasteiger partial charge in [-0.15, -0.1) is 0 Å². The fraction of sp³-hybridized carbons (Fsp3) is 0. The molecule has 0 spiro atoms. The summed E-state index contributed by atoms with van der Waals surface area (Å²) in [6.45, 7) is 0. The summed E-state index contributed by atoms with van der Waals surface area (Å²) in [7, 11) is 0. The lowest BCUT2D eigenvalue weighted by molar-refractivity contribution is 0.935. The fourth-order valence-electron chi connectivity index (χ4n) is 1.49. The normalized spacial score (nSPS) is 11.3. The standard InChI is InChI=1S/C9H4BrClN4/c10-5-1-2-7-6(3-5)8-12-4-13-15(8)9(11)14-7/h1-4H. The molecular formula is C9H4BrClN4. The highest BCUT2D eigenvalue weighted by Crippen LogP contribution is 2.23. The first kappa shape index (κ1) is 9.06. The van der Waals surface area contributed by atoms with Gasteiger partial charge in [-0.25, -0.2) is 9.97 Å². The van der Waals surface area contributed by atoms with E-state index in [2.05, 4.69) is 31.0 Å². The second-order valence-electron chi connectivity index (χ2n) is 3.04. The van der Waals surface area contributed by atoms with Crippen LogP contribution in [0, 0.1) is 0 Å². The smallest absolute Gasteiger partial charge is 0.218 e. The first-order valence-electron chi connectivity index (χ1n) is 4.20. The first-order chi connectivity index (χ1) is 7.25. The van der Waals surface area contributed by atoms with Gasteiger partial charge in [-0.3, -0.25) is 0 Å². The van der Waals surface area contributed by atoms with Crippen LogP contribution >= 0.6 is 27.5 Å². The number of rotatable bonds is 0. The predicted molar refractivity (Wildman–Crippen MR) is 61.0 cm³/mol. The summed E-state index contributed by atoms with van der Waals surface area (Å²) < 4.78 is 2.49. The molecule has 0 bridgehead atoms. The third-order valence-corrected chi connectivity index (χ3v) is 2.87. The molecule has 3 aromatic rings. The summed E-state index contributed by atoms with van der Waals surface area (Å²) in [5.74, 6) is 0. The van der Waals surface area contributed by atoms with Crippen LogP contribution in [0.25, 0.3) is 16.6 Å². The number of hydrogen-bond donors (Lipinski definition) is 0. The topological polar surface area (TPSA) is 43.1 Å². The Morgan fingerprint density at radius 3 is 3.07 bits per heavy atom. The molecule has 2 aromatic heterocycles. The van der Waals surface area contributed by atoms with E-state index in [0.29, 0.717) is 10.9 Å². The third kappa shape index (κ3) is 1.31. The Bertz CT molecular complexity index is 664. The van der Waals surface area contributed by atoms with Crippen molar-refractivity contribution in [2.24, 2.45) is 0 Å². The molecule has 0 N–H and O–H groups in total. The number of nitrogens with zero attached hydrogens (tertiary/aromatic N) is 4. The minimum atomic E-state index is 0.317. The lowest BCUT2D eigenvalue weighted by Crippen LogP contribution is -1.94. The van der Waals surface area contributed by atoms with Crippen LogP contribution < -0.4 is 0 Å². The molecule has 0 fully saturated rings. The molecule has 4 nitrogen and oxygen atoms in total. The molecule has 1 aromatic carbocycles. The Balaban J connectivity index is 2.61. The van der Waals surface area contributed by atoms with Crippen molar-refractivity contribution in [2.45, 2.75) is 0 Å². The van der Waals surface area contributed by atoms with Crippen LogP contribution in [0.1, 0.15) is 0 Å². The second-order valence-corrected chi connectivity index (χ2v) is 4.29. The molecule has 15 heavy (non-hydrogen) atoms. The van der Waals surface area contributed by atoms with Crippen LogP contribution in [0.2, 0.25) is 5.28 Å². The van der Waals surface area contributed by atoms with Crippen molar-refractivity contribution in [1.29, 1.82) is 0 Å². The highest BCUT2D eigenvalue weighted by Gasteiger charge is 2.08. The zero-order chi connectivity index (χ0) is 10.4. The Kier molecular flexibility index (Phi) is 1.90. The van der Waals surface area contributed by atoms with Crippen molar-refractivity contribution in [1.82, 2.24) is 19.6 Å². The molecule has 0 aliphatic heterocycles. The summed E-state index contributed by atoms with van der Waals surface area (Å²) in [6.07, 6.45) is 1.46. The summed E-state index contributed by atoms with van der Waals surface area (Å²) >= 11 is 9.36. The monoisotopic (exact) mass is 282 g/mol. The number of aromatic nitrogens is 4. The van der Waals surface area contributed by atoms with Crippen molar-refractivity contribution >= 4 is 44.1 Å². The zero-order valence-electron chi connectivity index (χ0n) is 7.35. The second kappa shape index (κ2) is 3.15. The van der Waals surface area contributed by atoms with E-state index in [4.69, 9.17) is 11.6 Å². The summed E-state index contributed by atoms with van der Waals surface area (Å²) in [6, 6.07) is 5.75. The van der Waals surface area contributed by atoms with Crippen molar-refractivity contribution in [2.75, 3.05) is 0 Å². The molecule has 6 heteroatoms. The largest absolute Gasteiger partial charge is 0.226 e. The Hall–Kier alpha value is -1.20. The molecule has 74 valence electrons. The van der Waals surface area contributed by atoms with Crippen LogP contribution in [-0.4, -0.2) is 19.6 Å². The van der Waals surface area contributed by atoms with E-state index in [9.17, 15) is 0 Å². The van der Waals surface area contributed by atoms with E-state index < -0.39 is 0 Å². The molecule has 2 heterocycles. The summed E-state index contributed by atoms with van der Waals surface area (Å²) in [4.78, 5) is 8.38. The summed E-state index contributed by atoms with van der Waals surface area (Å²) in [5.41, 5.74) is 1.52. The van der Waals surface area contributed by atoms with Crippen molar-refractivity contribution in [3.63, 3.8) is 0 Å². The highest BCUT2D eigenvalue weighted by atomic mass is 79.9. The van der Waals surface area contributed by atoms with Crippen molar-refractivity contribution < 1.29 is 0 Å². The van der Waals surface area contributed by atoms with E-state index in [1.54, 1.807) is 0 Å². The van der Waals surface area contributed by atoms with Crippen LogP contribution in [0.5, 0.6) is 0 Å². The molecular weight excluding hydrogens is 279 g/mol. The molecule has 0 aliphatic carbocycles. The van der Waals surface area contributed by atoms with Gasteiger partial charge < -0.3 is 0 Å². The Labute approximate surface area is 98.0 Å². The van der Waals surface area contributed by atoms with E-state index >= 15 is 0 Å². The maximum absolute atomic E-state index is 5.95. The van der Waals surface area contributed by atoms with Crippen LogP contribution in [0.3, 0.4) is 0 Å². The maximum atomic E-state index is 5.95. The van der Waals surface area contributed by atoms with Gasteiger partial charge in [0.15, 0.2) is 5.65 Å². The van der Waals surface area contributed by atoms with Gasteiger partial charge in [-0.1, -0.05) is 15.9 Å². The quantitative estimate of drug-likeness (QED) is 0.596. The molecule has 0 saturated heterocycles. The fourth-order valence-corrected chi connectivity index (χ4v) is 2.07. The van der Waals surface area contributed by atoms with Gasteiger partial charge >= 0.3 is 0 Å². The predicted octanol–water partition coefficient (Wildman–Crippen LogP) is 2.69. The SMILES string of the molecule is Clc1nc2ccc(Br)cc2c2ncnn12. The van der Waals surface area contributed by atoms with Crippen LogP contribution in [0.4, 0.5) is 0 Å². The van der Waals surface area contributed by atoms with Gasteiger partial charge in [0.25, 0.3) is 0 Å². The molecule has 0 atom stereocenters. The van der Waals surface area contributed by atoms with Crippen LogP contribution in [-0.2, 0) is 0 Å². The molecule has 0 saturated carbocycles. The Morgan fingerprint density at radius 1 is 1.33 bits per heavy atom. The van der Waals surface area contributed by atoms with Gasteiger partial charge in [0.1, 0.15) is 6.33 Å². The van der Waals surface area contributed by atoms with E-state index in [0.717, 1.165) is 15.4 Å². The average Bonchev–Trinajstić information content (AvgIpc) is 2.69. The third-order valence-electron chi connectivity index (χ3n) is 2.13. The maximum Gasteiger partial charge on any atom is 0.226 e. The van der Waals surface area contributed by atoms with Gasteiger partial charge in [0.05, 0.1) is 5.52 Å². The van der Waals surface area contributed by atoms with Gasteiger partial charge in [0, 0.05) is 9.86 Å². The summed E-state index contributed by atoms with van der Waals surface area (Å²) in [5, 5.41) is 5.23. The molecule has 0 aliphatic rings. The highest BCUT2D eigenvalue weighted by molar-refractivity contribution is 9.10. The van der Waals surface area contributed by atoms with E-state index in [1.165, 1.54) is 10.8 Å². The average molecular weight is 284 g/mol. The number of fused-ring (bicyclic) bond motifs is 3. The lowest BCUT2D eigenvalue weighted by atomic mass is 10.2. The first-order valence-corrected chi connectivity index (χ1v) is 5.37. The minimum absolute atomic E-state index is 0.317. The minimum Gasteiger partial charge on any atom is -0.218 e. The van der Waals surface area contributed by atoms with Gasteiger partial charge in [0.2, 0.25) is 5.28 Å². The zero-order valence-corrected chi connectivity index (χ0v) is 9.70. The molecule has 0 unspecified atom stereocenters. The lowest BCUT2D eigenvalue weighted by Gasteiger charge is -2.01. The van der Waals surface area contributed by atoms with E-state index in [-0.39, 0.29) is 0 Å². The molecule has 3 rings (SSSR count). The number of halogens is 2. The number of benzene rings is 1. The Morgan fingerprint density at radius 2 is 2.20 bits per heavy atom. The molecule has 0 amide bonds. The van der Waals surface area contributed by atoms with Crippen molar-refractivity contribution in [3.8, 4) is 0 Å². The van der Waals surface area contributed by atoms with E-state index in [1.807, 2.05) is 18.2 Å². The number of hydrogen-bond acceptors (Lipinski definition) is 3.